The first kappa shape index (κ1) is 12.3. The zero-order valence-corrected chi connectivity index (χ0v) is 11.8. The van der Waals surface area contributed by atoms with Crippen molar-refractivity contribution in [2.45, 2.75) is 39.7 Å². The summed E-state index contributed by atoms with van der Waals surface area (Å²) in [6.45, 7) is 4.62. The molecule has 0 bridgehead atoms. The number of aryl methyl sites for hydroxylation is 3. The Balaban J connectivity index is 1.86. The van der Waals surface area contributed by atoms with Crippen LogP contribution in [0.2, 0.25) is 0 Å². The van der Waals surface area contributed by atoms with E-state index in [-0.39, 0.29) is 5.91 Å². The maximum atomic E-state index is 12.3. The molecule has 3 heterocycles. The summed E-state index contributed by atoms with van der Waals surface area (Å²) in [5.41, 5.74) is 1.41. The van der Waals surface area contributed by atoms with Crippen LogP contribution in [0.1, 0.15) is 39.6 Å². The normalized spacial score (nSPS) is 14.2. The predicted octanol–water partition coefficient (Wildman–Crippen LogP) is 1.94. The molecule has 0 spiro atoms. The number of fused-ring (bicyclic) bond motifs is 1. The molecule has 2 aromatic heterocycles. The molecule has 1 N–H and O–H groups in total. The largest absolute Gasteiger partial charge is 0.297 e. The number of carbonyl (C=O) groups excluding carboxylic acids is 1. The van der Waals surface area contributed by atoms with Gasteiger partial charge in [0.1, 0.15) is 5.82 Å². The van der Waals surface area contributed by atoms with Gasteiger partial charge in [0, 0.05) is 17.8 Å². The van der Waals surface area contributed by atoms with Gasteiger partial charge in [-0.25, -0.2) is 0 Å². The van der Waals surface area contributed by atoms with Gasteiger partial charge in [-0.05, 0) is 38.2 Å². The fourth-order valence-electron chi connectivity index (χ4n) is 2.37. The van der Waals surface area contributed by atoms with Gasteiger partial charge in [-0.1, -0.05) is 0 Å². The molecular weight excluding hydrogens is 262 g/mol. The van der Waals surface area contributed by atoms with Crippen LogP contribution in [0.4, 0.5) is 5.95 Å². The minimum absolute atomic E-state index is 0.149. The van der Waals surface area contributed by atoms with Crippen LogP contribution in [0, 0.1) is 13.8 Å². The lowest BCUT2D eigenvalue weighted by molar-refractivity contribution is 0.102. The van der Waals surface area contributed by atoms with E-state index in [2.05, 4.69) is 19.9 Å². The molecule has 7 heteroatoms. The van der Waals surface area contributed by atoms with Crippen molar-refractivity contribution < 1.29 is 4.79 Å². The smallest absolute Gasteiger partial charge is 0.261 e. The Kier molecular flexibility index (Phi) is 3.06. The zero-order chi connectivity index (χ0) is 13.4. The molecule has 0 saturated carbocycles. The molecule has 0 saturated heterocycles. The van der Waals surface area contributed by atoms with Gasteiger partial charge in [0.15, 0.2) is 0 Å². The van der Waals surface area contributed by atoms with E-state index < -0.39 is 0 Å². The quantitative estimate of drug-likeness (QED) is 0.910. The standard InChI is InChI=1S/C12H15N5OS/c1-7-10(8(2)19-16-7)11(18)13-12-15-14-9-5-3-4-6-17(9)12/h3-6H2,1-2H3,(H,13,15,18). The molecule has 2 aromatic rings. The summed E-state index contributed by atoms with van der Waals surface area (Å²) in [4.78, 5) is 13.2. The van der Waals surface area contributed by atoms with Crippen molar-refractivity contribution in [3.8, 4) is 0 Å². The molecule has 0 radical (unpaired) electrons. The van der Waals surface area contributed by atoms with E-state index in [1.165, 1.54) is 11.5 Å². The number of rotatable bonds is 2. The SMILES string of the molecule is Cc1nsc(C)c1C(=O)Nc1nnc2n1CCCC2. The fourth-order valence-corrected chi connectivity index (χ4v) is 3.07. The number of amides is 1. The van der Waals surface area contributed by atoms with E-state index in [4.69, 9.17) is 0 Å². The molecule has 0 aliphatic carbocycles. The van der Waals surface area contributed by atoms with Gasteiger partial charge < -0.3 is 0 Å². The van der Waals surface area contributed by atoms with Crippen LogP contribution < -0.4 is 5.32 Å². The van der Waals surface area contributed by atoms with Gasteiger partial charge in [-0.2, -0.15) is 4.37 Å². The minimum Gasteiger partial charge on any atom is -0.297 e. The summed E-state index contributed by atoms with van der Waals surface area (Å²) in [6, 6.07) is 0. The third kappa shape index (κ3) is 2.14. The first-order valence-electron chi connectivity index (χ1n) is 6.33. The van der Waals surface area contributed by atoms with E-state index >= 15 is 0 Å². The molecular formula is C12H15N5OS. The first-order valence-corrected chi connectivity index (χ1v) is 7.10. The topological polar surface area (TPSA) is 72.7 Å². The molecule has 0 unspecified atom stereocenters. The third-order valence-corrected chi connectivity index (χ3v) is 4.19. The highest BCUT2D eigenvalue weighted by Crippen LogP contribution is 2.21. The van der Waals surface area contributed by atoms with E-state index in [0.29, 0.717) is 11.5 Å². The van der Waals surface area contributed by atoms with Crippen LogP contribution in [-0.4, -0.2) is 25.0 Å². The average Bonchev–Trinajstić information content (AvgIpc) is 2.94. The van der Waals surface area contributed by atoms with Crippen molar-refractivity contribution in [1.29, 1.82) is 0 Å². The summed E-state index contributed by atoms with van der Waals surface area (Å²) < 4.78 is 6.18. The minimum atomic E-state index is -0.149. The van der Waals surface area contributed by atoms with Gasteiger partial charge in [-0.3, -0.25) is 14.7 Å². The summed E-state index contributed by atoms with van der Waals surface area (Å²) in [6.07, 6.45) is 3.17. The van der Waals surface area contributed by atoms with Crippen LogP contribution in [0.3, 0.4) is 0 Å². The molecule has 0 atom stereocenters. The molecule has 0 aromatic carbocycles. The van der Waals surface area contributed by atoms with Crippen molar-refractivity contribution >= 4 is 23.4 Å². The van der Waals surface area contributed by atoms with Crippen LogP contribution in [0.15, 0.2) is 0 Å². The van der Waals surface area contributed by atoms with Crippen LogP contribution >= 0.6 is 11.5 Å². The van der Waals surface area contributed by atoms with E-state index in [0.717, 1.165) is 42.2 Å². The highest BCUT2D eigenvalue weighted by atomic mass is 32.1. The van der Waals surface area contributed by atoms with Crippen molar-refractivity contribution in [3.63, 3.8) is 0 Å². The number of nitrogens with one attached hydrogen (secondary N) is 1. The van der Waals surface area contributed by atoms with Gasteiger partial charge in [-0.15, -0.1) is 10.2 Å². The molecule has 1 aliphatic rings. The van der Waals surface area contributed by atoms with Gasteiger partial charge >= 0.3 is 0 Å². The highest BCUT2D eigenvalue weighted by Gasteiger charge is 2.20. The second-order valence-electron chi connectivity index (χ2n) is 4.70. The van der Waals surface area contributed by atoms with Crippen molar-refractivity contribution in [2.24, 2.45) is 0 Å². The maximum Gasteiger partial charge on any atom is 0.261 e. The Morgan fingerprint density at radius 1 is 1.32 bits per heavy atom. The Hall–Kier alpha value is -1.76. The third-order valence-electron chi connectivity index (χ3n) is 3.35. The predicted molar refractivity (Wildman–Crippen MR) is 72.5 cm³/mol. The lowest BCUT2D eigenvalue weighted by Crippen LogP contribution is -2.19. The van der Waals surface area contributed by atoms with Crippen molar-refractivity contribution in [3.05, 3.63) is 22.0 Å². The number of hydrogen-bond acceptors (Lipinski definition) is 5. The monoisotopic (exact) mass is 277 g/mol. The molecule has 1 aliphatic heterocycles. The molecule has 3 rings (SSSR count). The second kappa shape index (κ2) is 4.73. The van der Waals surface area contributed by atoms with Crippen molar-refractivity contribution in [1.82, 2.24) is 19.1 Å². The summed E-state index contributed by atoms with van der Waals surface area (Å²) in [7, 11) is 0. The van der Waals surface area contributed by atoms with Gasteiger partial charge in [0.2, 0.25) is 5.95 Å². The summed E-state index contributed by atoms with van der Waals surface area (Å²) >= 11 is 1.35. The lowest BCUT2D eigenvalue weighted by Gasteiger charge is -2.14. The number of carbonyl (C=O) groups is 1. The van der Waals surface area contributed by atoms with E-state index in [1.807, 2.05) is 18.4 Å². The van der Waals surface area contributed by atoms with E-state index in [9.17, 15) is 4.79 Å². The molecule has 0 fully saturated rings. The van der Waals surface area contributed by atoms with Crippen LogP contribution in [0.5, 0.6) is 0 Å². The fraction of sp³-hybridized carbons (Fsp3) is 0.500. The Morgan fingerprint density at radius 3 is 2.89 bits per heavy atom. The van der Waals surface area contributed by atoms with Crippen LogP contribution in [0.25, 0.3) is 0 Å². The maximum absolute atomic E-state index is 12.3. The molecule has 19 heavy (non-hydrogen) atoms. The Bertz CT molecular complexity index is 611. The Morgan fingerprint density at radius 2 is 2.16 bits per heavy atom. The molecule has 100 valence electrons. The first-order chi connectivity index (χ1) is 9.16. The summed E-state index contributed by atoms with van der Waals surface area (Å²) in [5.74, 6) is 1.35. The second-order valence-corrected chi connectivity index (χ2v) is 5.68. The number of aromatic nitrogens is 4. The summed E-state index contributed by atoms with van der Waals surface area (Å²) in [5, 5.41) is 11.0. The van der Waals surface area contributed by atoms with Crippen LogP contribution in [-0.2, 0) is 13.0 Å². The average molecular weight is 277 g/mol. The number of hydrogen-bond donors (Lipinski definition) is 1. The van der Waals surface area contributed by atoms with Gasteiger partial charge in [0.25, 0.3) is 5.91 Å². The Labute approximate surface area is 115 Å². The number of nitrogens with zero attached hydrogens (tertiary/aromatic N) is 4. The highest BCUT2D eigenvalue weighted by molar-refractivity contribution is 7.06. The lowest BCUT2D eigenvalue weighted by atomic mass is 10.2. The van der Waals surface area contributed by atoms with Gasteiger partial charge in [0.05, 0.1) is 11.3 Å². The van der Waals surface area contributed by atoms with Crippen molar-refractivity contribution in [2.75, 3.05) is 5.32 Å². The molecule has 1 amide bonds. The zero-order valence-electron chi connectivity index (χ0n) is 10.9. The number of anilines is 1. The van der Waals surface area contributed by atoms with E-state index in [1.54, 1.807) is 0 Å². The molecule has 6 nitrogen and oxygen atoms in total.